The Kier molecular flexibility index (Phi) is 7.09. The van der Waals surface area contributed by atoms with Crippen LogP contribution < -0.4 is 10.9 Å². The number of rotatable bonds is 6. The maximum absolute atomic E-state index is 13.1. The van der Waals surface area contributed by atoms with E-state index in [1.54, 1.807) is 29.2 Å². The predicted octanol–water partition coefficient (Wildman–Crippen LogP) is 3.86. The third-order valence-electron chi connectivity index (χ3n) is 5.68. The van der Waals surface area contributed by atoms with Gasteiger partial charge in [-0.15, -0.1) is 0 Å². The predicted molar refractivity (Wildman–Crippen MR) is 127 cm³/mol. The van der Waals surface area contributed by atoms with Crippen molar-refractivity contribution in [2.75, 3.05) is 44.7 Å². The molecule has 3 aromatic rings. The first-order chi connectivity index (χ1) is 15.5. The molecule has 8 heteroatoms. The SMILES string of the molecule is Cc1cccc2cc(CN(CCN3CCOCC3)C(=O)Nc3cccc(Cl)c3)c(=O)[nH]c12. The van der Waals surface area contributed by atoms with Crippen molar-refractivity contribution < 1.29 is 9.53 Å². The number of aryl methyl sites for hydroxylation is 1. The molecule has 2 amide bonds. The quantitative estimate of drug-likeness (QED) is 0.593. The zero-order valence-electron chi connectivity index (χ0n) is 18.1. The van der Waals surface area contributed by atoms with Gasteiger partial charge in [-0.1, -0.05) is 35.9 Å². The third-order valence-corrected chi connectivity index (χ3v) is 5.91. The fraction of sp³-hybridized carbons (Fsp3) is 0.333. The van der Waals surface area contributed by atoms with Crippen LogP contribution in [-0.4, -0.2) is 60.2 Å². The summed E-state index contributed by atoms with van der Waals surface area (Å²) in [6, 6.07) is 14.5. The number of morpholine rings is 1. The number of nitrogens with one attached hydrogen (secondary N) is 2. The van der Waals surface area contributed by atoms with Gasteiger partial charge in [-0.05, 0) is 42.1 Å². The number of halogens is 1. The van der Waals surface area contributed by atoms with Crippen molar-refractivity contribution in [2.24, 2.45) is 0 Å². The number of pyridine rings is 1. The van der Waals surface area contributed by atoms with Crippen LogP contribution in [0.15, 0.2) is 53.3 Å². The molecule has 1 aliphatic heterocycles. The van der Waals surface area contributed by atoms with Crippen molar-refractivity contribution in [3.63, 3.8) is 0 Å². The molecule has 0 atom stereocenters. The number of urea groups is 1. The summed E-state index contributed by atoms with van der Waals surface area (Å²) in [5, 5.41) is 4.40. The molecule has 1 aromatic heterocycles. The van der Waals surface area contributed by atoms with Crippen molar-refractivity contribution in [3.8, 4) is 0 Å². The standard InChI is InChI=1S/C24H27ClN4O3/c1-17-4-2-5-18-14-19(23(30)27-22(17)18)16-29(9-8-28-10-12-32-13-11-28)24(31)26-21-7-3-6-20(25)15-21/h2-7,14-15H,8-13,16H2,1H3,(H,26,31)(H,27,30). The molecule has 0 unspecified atom stereocenters. The fourth-order valence-corrected chi connectivity index (χ4v) is 4.05. The molecular formula is C24H27ClN4O3. The van der Waals surface area contributed by atoms with Gasteiger partial charge < -0.3 is 19.9 Å². The van der Waals surface area contributed by atoms with Gasteiger partial charge in [-0.3, -0.25) is 9.69 Å². The molecule has 4 rings (SSSR count). The summed E-state index contributed by atoms with van der Waals surface area (Å²) in [5.41, 5.74) is 2.81. The van der Waals surface area contributed by atoms with E-state index in [4.69, 9.17) is 16.3 Å². The Bertz CT molecular complexity index is 1160. The van der Waals surface area contributed by atoms with E-state index in [1.165, 1.54) is 0 Å². The number of hydrogen-bond acceptors (Lipinski definition) is 4. The van der Waals surface area contributed by atoms with Crippen molar-refractivity contribution in [1.29, 1.82) is 0 Å². The average Bonchev–Trinajstić information content (AvgIpc) is 2.78. The highest BCUT2D eigenvalue weighted by molar-refractivity contribution is 6.30. The molecule has 2 N–H and O–H groups in total. The van der Waals surface area contributed by atoms with Gasteiger partial charge in [0.05, 0.1) is 25.3 Å². The van der Waals surface area contributed by atoms with Crippen LogP contribution in [0.4, 0.5) is 10.5 Å². The normalized spacial score (nSPS) is 14.4. The zero-order chi connectivity index (χ0) is 22.5. The number of benzene rings is 2. The van der Waals surface area contributed by atoms with Crippen molar-refractivity contribution in [2.45, 2.75) is 13.5 Å². The second kappa shape index (κ2) is 10.2. The summed E-state index contributed by atoms with van der Waals surface area (Å²) < 4.78 is 5.41. The van der Waals surface area contributed by atoms with Gasteiger partial charge >= 0.3 is 6.03 Å². The van der Waals surface area contributed by atoms with E-state index in [2.05, 4.69) is 15.2 Å². The van der Waals surface area contributed by atoms with E-state index in [1.807, 2.05) is 31.2 Å². The van der Waals surface area contributed by atoms with Crippen LogP contribution in [0.5, 0.6) is 0 Å². The first kappa shape index (κ1) is 22.3. The molecule has 1 aliphatic rings. The second-order valence-corrected chi connectivity index (χ2v) is 8.42. The average molecular weight is 455 g/mol. The Balaban J connectivity index is 1.56. The molecule has 2 aromatic carbocycles. The Labute approximate surface area is 191 Å². The largest absolute Gasteiger partial charge is 0.379 e. The summed E-state index contributed by atoms with van der Waals surface area (Å²) in [4.78, 5) is 32.8. The molecule has 0 aliphatic carbocycles. The van der Waals surface area contributed by atoms with Crippen LogP contribution in [-0.2, 0) is 11.3 Å². The lowest BCUT2D eigenvalue weighted by molar-refractivity contribution is 0.0349. The summed E-state index contributed by atoms with van der Waals surface area (Å²) in [7, 11) is 0. The van der Waals surface area contributed by atoms with Crippen LogP contribution in [0.25, 0.3) is 10.9 Å². The van der Waals surface area contributed by atoms with Gasteiger partial charge in [0.2, 0.25) is 0 Å². The topological polar surface area (TPSA) is 77.7 Å². The molecular weight excluding hydrogens is 428 g/mol. The monoisotopic (exact) mass is 454 g/mol. The summed E-state index contributed by atoms with van der Waals surface area (Å²) >= 11 is 6.06. The van der Waals surface area contributed by atoms with Crippen molar-refractivity contribution in [1.82, 2.24) is 14.8 Å². The van der Waals surface area contributed by atoms with Crippen LogP contribution >= 0.6 is 11.6 Å². The minimum atomic E-state index is -0.274. The third kappa shape index (κ3) is 5.48. The molecule has 32 heavy (non-hydrogen) atoms. The van der Waals surface area contributed by atoms with E-state index in [9.17, 15) is 9.59 Å². The highest BCUT2D eigenvalue weighted by Crippen LogP contribution is 2.18. The number of H-pyrrole nitrogens is 1. The number of aromatic amines is 1. The maximum Gasteiger partial charge on any atom is 0.322 e. The number of aromatic nitrogens is 1. The number of hydrogen-bond donors (Lipinski definition) is 2. The lowest BCUT2D eigenvalue weighted by Gasteiger charge is -2.30. The van der Waals surface area contributed by atoms with Gasteiger partial charge in [-0.2, -0.15) is 0 Å². The van der Waals surface area contributed by atoms with Crippen LogP contribution in [0, 0.1) is 6.92 Å². The second-order valence-electron chi connectivity index (χ2n) is 7.98. The Morgan fingerprint density at radius 1 is 1.19 bits per heavy atom. The van der Waals surface area contributed by atoms with Gasteiger partial charge in [0.15, 0.2) is 0 Å². The number of para-hydroxylation sites is 1. The van der Waals surface area contributed by atoms with Gasteiger partial charge in [-0.25, -0.2) is 4.79 Å². The van der Waals surface area contributed by atoms with Crippen LogP contribution in [0.1, 0.15) is 11.1 Å². The zero-order valence-corrected chi connectivity index (χ0v) is 18.8. The molecule has 1 saturated heterocycles. The van der Waals surface area contributed by atoms with Gasteiger partial charge in [0.25, 0.3) is 5.56 Å². The Hall–Kier alpha value is -2.87. The summed E-state index contributed by atoms with van der Waals surface area (Å²) in [6.07, 6.45) is 0. The van der Waals surface area contributed by atoms with Crippen LogP contribution in [0.3, 0.4) is 0 Å². The summed E-state index contributed by atoms with van der Waals surface area (Å²) in [5.74, 6) is 0. The first-order valence-corrected chi connectivity index (χ1v) is 11.1. The smallest absolute Gasteiger partial charge is 0.322 e. The number of ether oxygens (including phenoxy) is 1. The molecule has 0 saturated carbocycles. The first-order valence-electron chi connectivity index (χ1n) is 10.7. The van der Waals surface area contributed by atoms with E-state index in [0.29, 0.717) is 42.6 Å². The minimum Gasteiger partial charge on any atom is -0.379 e. The number of nitrogens with zero attached hydrogens (tertiary/aromatic N) is 2. The number of fused-ring (bicyclic) bond motifs is 1. The van der Waals surface area contributed by atoms with E-state index >= 15 is 0 Å². The molecule has 7 nitrogen and oxygen atoms in total. The molecule has 168 valence electrons. The van der Waals surface area contributed by atoms with E-state index < -0.39 is 0 Å². The van der Waals surface area contributed by atoms with Gasteiger partial charge in [0, 0.05) is 42.5 Å². The number of carbonyl (C=O) groups is 1. The fourth-order valence-electron chi connectivity index (χ4n) is 3.86. The van der Waals surface area contributed by atoms with E-state index in [0.717, 1.165) is 29.6 Å². The molecule has 2 heterocycles. The van der Waals surface area contributed by atoms with Crippen molar-refractivity contribution >= 4 is 34.2 Å². The summed E-state index contributed by atoms with van der Waals surface area (Å²) in [6.45, 7) is 6.41. The maximum atomic E-state index is 13.1. The molecule has 1 fully saturated rings. The van der Waals surface area contributed by atoms with Gasteiger partial charge in [0.1, 0.15) is 0 Å². The van der Waals surface area contributed by atoms with Crippen molar-refractivity contribution in [3.05, 3.63) is 75.0 Å². The number of anilines is 1. The lowest BCUT2D eigenvalue weighted by atomic mass is 10.1. The highest BCUT2D eigenvalue weighted by atomic mass is 35.5. The minimum absolute atomic E-state index is 0.182. The number of amides is 2. The Morgan fingerprint density at radius 3 is 2.75 bits per heavy atom. The number of carbonyl (C=O) groups excluding carboxylic acids is 1. The molecule has 0 bridgehead atoms. The molecule has 0 spiro atoms. The lowest BCUT2D eigenvalue weighted by Crippen LogP contribution is -2.44. The Morgan fingerprint density at radius 2 is 1.97 bits per heavy atom. The van der Waals surface area contributed by atoms with E-state index in [-0.39, 0.29) is 18.1 Å². The van der Waals surface area contributed by atoms with Crippen LogP contribution in [0.2, 0.25) is 5.02 Å². The molecule has 0 radical (unpaired) electrons. The highest BCUT2D eigenvalue weighted by Gasteiger charge is 2.19.